The minimum Gasteiger partial charge on any atom is -0.454 e. The number of anilines is 3. The third-order valence-corrected chi connectivity index (χ3v) is 10.6. The molecule has 0 saturated carbocycles. The van der Waals surface area contributed by atoms with Gasteiger partial charge >= 0.3 is 0 Å². The van der Waals surface area contributed by atoms with Gasteiger partial charge in [-0.15, -0.1) is 0 Å². The molecule has 0 bridgehead atoms. The molecule has 0 spiro atoms. The second-order valence-electron chi connectivity index (χ2n) is 14.0. The number of fused-ring (bicyclic) bond motifs is 7. The fourth-order valence-electron chi connectivity index (χ4n) is 8.00. The van der Waals surface area contributed by atoms with Crippen LogP contribution in [0, 0.1) is 0 Å². The number of hydrogen-bond acceptors (Lipinski definition) is 5. The Morgan fingerprint density at radius 1 is 0.375 bits per heavy atom. The standard InChI is InChI=1S/C51H32N4O/c1-3-16-35(17-4-1)49-52-50(36-18-5-2-6-19-36)54-51(53-49)44-32-46-47(42-23-12-11-22-41(42)44)43-24-13-25-45(48(43)56-46)55(39-28-26-33-14-7-9-20-37(33)30-39)40-29-27-34-15-8-10-21-38(34)31-40/h1-32H. The minimum absolute atomic E-state index is 0.588. The van der Waals surface area contributed by atoms with Gasteiger partial charge < -0.3 is 9.32 Å². The zero-order valence-corrected chi connectivity index (χ0v) is 30.2. The summed E-state index contributed by atoms with van der Waals surface area (Å²) in [5.74, 6) is 1.82. The highest BCUT2D eigenvalue weighted by atomic mass is 16.3. The van der Waals surface area contributed by atoms with E-state index in [1.165, 1.54) is 21.5 Å². The minimum atomic E-state index is 0.588. The van der Waals surface area contributed by atoms with Crippen molar-refractivity contribution in [1.82, 2.24) is 15.0 Å². The molecular weight excluding hydrogens is 685 g/mol. The summed E-state index contributed by atoms with van der Waals surface area (Å²) in [5.41, 5.74) is 7.34. The quantitative estimate of drug-likeness (QED) is 0.171. The molecule has 0 aliphatic heterocycles. The van der Waals surface area contributed by atoms with Crippen LogP contribution in [0.25, 0.3) is 88.4 Å². The van der Waals surface area contributed by atoms with Crippen LogP contribution in [0.5, 0.6) is 0 Å². The molecule has 0 saturated heterocycles. The number of para-hydroxylation sites is 1. The van der Waals surface area contributed by atoms with Crippen molar-refractivity contribution in [1.29, 1.82) is 0 Å². The average Bonchev–Trinajstić information content (AvgIpc) is 3.66. The first-order valence-corrected chi connectivity index (χ1v) is 18.8. The summed E-state index contributed by atoms with van der Waals surface area (Å²) < 4.78 is 7.07. The zero-order valence-electron chi connectivity index (χ0n) is 30.2. The van der Waals surface area contributed by atoms with Crippen LogP contribution in [0.2, 0.25) is 0 Å². The van der Waals surface area contributed by atoms with E-state index < -0.39 is 0 Å². The SMILES string of the molecule is c1ccc(-c2nc(-c3ccccc3)nc(-c3cc4oc5c(N(c6ccc7ccccc7c6)c6ccc7ccccc7c6)cccc5c4c4ccccc34)n2)cc1. The van der Waals surface area contributed by atoms with Gasteiger partial charge in [-0.25, -0.2) is 15.0 Å². The van der Waals surface area contributed by atoms with Crippen LogP contribution < -0.4 is 4.90 Å². The van der Waals surface area contributed by atoms with E-state index in [9.17, 15) is 0 Å². The molecule has 0 radical (unpaired) electrons. The molecule has 5 heteroatoms. The van der Waals surface area contributed by atoms with Crippen LogP contribution in [0.3, 0.4) is 0 Å². The Morgan fingerprint density at radius 3 is 1.48 bits per heavy atom. The molecule has 11 rings (SSSR count). The molecule has 262 valence electrons. The van der Waals surface area contributed by atoms with Crippen molar-refractivity contribution < 1.29 is 4.42 Å². The van der Waals surface area contributed by atoms with Gasteiger partial charge in [0.25, 0.3) is 0 Å². The second kappa shape index (κ2) is 13.0. The van der Waals surface area contributed by atoms with Gasteiger partial charge in [-0.05, 0) is 68.7 Å². The molecule has 0 fully saturated rings. The van der Waals surface area contributed by atoms with Crippen molar-refractivity contribution in [2.75, 3.05) is 4.90 Å². The fraction of sp³-hybridized carbons (Fsp3) is 0. The lowest BCUT2D eigenvalue weighted by Gasteiger charge is -2.26. The molecule has 0 amide bonds. The predicted octanol–water partition coefficient (Wildman–Crippen LogP) is 13.7. The zero-order chi connectivity index (χ0) is 37.0. The van der Waals surface area contributed by atoms with Gasteiger partial charge in [0.15, 0.2) is 23.1 Å². The van der Waals surface area contributed by atoms with Gasteiger partial charge in [-0.3, -0.25) is 0 Å². The van der Waals surface area contributed by atoms with Crippen LogP contribution >= 0.6 is 0 Å². The number of furan rings is 1. The number of rotatable bonds is 6. The Labute approximate surface area is 322 Å². The van der Waals surface area contributed by atoms with Gasteiger partial charge in [0.2, 0.25) is 0 Å². The molecule has 0 atom stereocenters. The normalized spacial score (nSPS) is 11.6. The van der Waals surface area contributed by atoms with Crippen molar-refractivity contribution in [2.24, 2.45) is 0 Å². The third-order valence-electron chi connectivity index (χ3n) is 10.6. The summed E-state index contributed by atoms with van der Waals surface area (Å²) in [5, 5.41) is 8.94. The summed E-state index contributed by atoms with van der Waals surface area (Å²) in [4.78, 5) is 17.5. The fourth-order valence-corrected chi connectivity index (χ4v) is 8.00. The Balaban J connectivity index is 1.16. The first-order valence-electron chi connectivity index (χ1n) is 18.8. The van der Waals surface area contributed by atoms with E-state index in [-0.39, 0.29) is 0 Å². The van der Waals surface area contributed by atoms with Crippen LogP contribution in [-0.4, -0.2) is 15.0 Å². The molecule has 56 heavy (non-hydrogen) atoms. The van der Waals surface area contributed by atoms with Crippen molar-refractivity contribution in [3.05, 3.63) is 194 Å². The highest BCUT2D eigenvalue weighted by molar-refractivity contribution is 6.23. The smallest absolute Gasteiger partial charge is 0.164 e. The summed E-state index contributed by atoms with van der Waals surface area (Å²) in [7, 11) is 0. The van der Waals surface area contributed by atoms with Crippen LogP contribution in [0.15, 0.2) is 199 Å². The van der Waals surface area contributed by atoms with Gasteiger partial charge in [-0.2, -0.15) is 0 Å². The van der Waals surface area contributed by atoms with Gasteiger partial charge in [0.05, 0.1) is 5.69 Å². The number of nitrogens with zero attached hydrogens (tertiary/aromatic N) is 4. The summed E-state index contributed by atoms with van der Waals surface area (Å²) in [6, 6.07) is 67.5. The first kappa shape index (κ1) is 31.9. The molecule has 0 unspecified atom stereocenters. The second-order valence-corrected chi connectivity index (χ2v) is 14.0. The molecule has 0 aliphatic rings. The highest BCUT2D eigenvalue weighted by Crippen LogP contribution is 2.46. The van der Waals surface area contributed by atoms with Crippen molar-refractivity contribution in [3.63, 3.8) is 0 Å². The first-order chi connectivity index (χ1) is 27.7. The van der Waals surface area contributed by atoms with Gasteiger partial charge in [-0.1, -0.05) is 158 Å². The molecule has 0 aliphatic carbocycles. The topological polar surface area (TPSA) is 55.1 Å². The number of benzene rings is 9. The third kappa shape index (κ3) is 5.37. The van der Waals surface area contributed by atoms with Crippen LogP contribution in [0.4, 0.5) is 17.1 Å². The molecular formula is C51H32N4O. The summed E-state index contributed by atoms with van der Waals surface area (Å²) >= 11 is 0. The van der Waals surface area contributed by atoms with E-state index in [1.807, 2.05) is 60.7 Å². The predicted molar refractivity (Wildman–Crippen MR) is 231 cm³/mol. The van der Waals surface area contributed by atoms with Crippen molar-refractivity contribution in [2.45, 2.75) is 0 Å². The molecule has 2 aromatic heterocycles. The Kier molecular flexibility index (Phi) is 7.42. The van der Waals surface area contributed by atoms with Gasteiger partial charge in [0.1, 0.15) is 5.58 Å². The number of hydrogen-bond donors (Lipinski definition) is 0. The molecule has 11 aromatic rings. The van der Waals surface area contributed by atoms with Crippen molar-refractivity contribution in [3.8, 4) is 34.2 Å². The van der Waals surface area contributed by atoms with E-state index in [0.717, 1.165) is 66.5 Å². The van der Waals surface area contributed by atoms with Crippen LogP contribution in [-0.2, 0) is 0 Å². The molecule has 5 nitrogen and oxygen atoms in total. The van der Waals surface area contributed by atoms with Crippen molar-refractivity contribution >= 4 is 71.3 Å². The van der Waals surface area contributed by atoms with Crippen LogP contribution in [0.1, 0.15) is 0 Å². The summed E-state index contributed by atoms with van der Waals surface area (Å²) in [6.07, 6.45) is 0. The monoisotopic (exact) mass is 716 g/mol. The Morgan fingerprint density at radius 2 is 0.875 bits per heavy atom. The van der Waals surface area contributed by atoms with E-state index >= 15 is 0 Å². The lowest BCUT2D eigenvalue weighted by molar-refractivity contribution is 0.669. The molecule has 9 aromatic carbocycles. The Bertz CT molecular complexity index is 3130. The number of aromatic nitrogens is 3. The maximum Gasteiger partial charge on any atom is 0.164 e. The van der Waals surface area contributed by atoms with E-state index in [0.29, 0.717) is 17.5 Å². The van der Waals surface area contributed by atoms with E-state index in [2.05, 4.69) is 138 Å². The summed E-state index contributed by atoms with van der Waals surface area (Å²) in [6.45, 7) is 0. The lowest BCUT2D eigenvalue weighted by atomic mass is 9.98. The Hall–Kier alpha value is -7.63. The molecule has 2 heterocycles. The lowest BCUT2D eigenvalue weighted by Crippen LogP contribution is -2.10. The average molecular weight is 717 g/mol. The highest BCUT2D eigenvalue weighted by Gasteiger charge is 2.23. The van der Waals surface area contributed by atoms with E-state index in [4.69, 9.17) is 19.4 Å². The largest absolute Gasteiger partial charge is 0.454 e. The van der Waals surface area contributed by atoms with Gasteiger partial charge in [0, 0.05) is 38.8 Å². The maximum absolute atomic E-state index is 7.07. The molecule has 0 N–H and O–H groups in total. The maximum atomic E-state index is 7.07. The van der Waals surface area contributed by atoms with E-state index in [1.54, 1.807) is 0 Å².